The average molecular weight is 543 g/mol. The summed E-state index contributed by atoms with van der Waals surface area (Å²) in [6.45, 7) is -0.823. The highest BCUT2D eigenvalue weighted by molar-refractivity contribution is 5.94. The van der Waals surface area contributed by atoms with E-state index in [9.17, 15) is 40.3 Å². The summed E-state index contributed by atoms with van der Waals surface area (Å²) in [4.78, 5) is 31.4. The predicted octanol–water partition coefficient (Wildman–Crippen LogP) is 4.29. The second-order valence-electron chi connectivity index (χ2n) is 8.54. The molecule has 1 aromatic carbocycles. The molecule has 1 saturated heterocycles. The smallest absolute Gasteiger partial charge is 0.335 e. The number of halogens is 8. The molecule has 0 saturated carbocycles. The molecule has 0 bridgehead atoms. The van der Waals surface area contributed by atoms with Crippen LogP contribution in [0.1, 0.15) is 46.8 Å². The minimum absolute atomic E-state index is 0. The molecule has 0 unspecified atom stereocenters. The van der Waals surface area contributed by atoms with Gasteiger partial charge in [0.05, 0.1) is 18.8 Å². The highest BCUT2D eigenvalue weighted by atomic mass is 35.5. The largest absolute Gasteiger partial charge is 0.449 e. The second kappa shape index (κ2) is 10.7. The molecular formula is C22H22ClF7N4O2. The third-order valence-corrected chi connectivity index (χ3v) is 6.16. The fourth-order valence-electron chi connectivity index (χ4n) is 4.36. The number of amides is 2. The van der Waals surface area contributed by atoms with E-state index >= 15 is 0 Å². The van der Waals surface area contributed by atoms with Crippen LogP contribution in [-0.4, -0.2) is 57.0 Å². The van der Waals surface area contributed by atoms with Gasteiger partial charge in [0.25, 0.3) is 5.91 Å². The van der Waals surface area contributed by atoms with Crippen LogP contribution in [0.5, 0.6) is 0 Å². The van der Waals surface area contributed by atoms with E-state index in [1.54, 1.807) is 0 Å². The zero-order chi connectivity index (χ0) is 25.5. The monoisotopic (exact) mass is 542 g/mol. The van der Waals surface area contributed by atoms with Gasteiger partial charge in [-0.15, -0.1) is 12.4 Å². The van der Waals surface area contributed by atoms with Crippen molar-refractivity contribution in [3.8, 4) is 0 Å². The van der Waals surface area contributed by atoms with Crippen LogP contribution in [0.4, 0.5) is 30.7 Å². The number of hydrogen-bond acceptors (Lipinski definition) is 3. The number of rotatable bonds is 5. The van der Waals surface area contributed by atoms with E-state index in [4.69, 9.17) is 0 Å². The van der Waals surface area contributed by atoms with Gasteiger partial charge in [-0.05, 0) is 30.9 Å². The summed E-state index contributed by atoms with van der Waals surface area (Å²) >= 11 is 0. The minimum atomic E-state index is -4.83. The van der Waals surface area contributed by atoms with Crippen molar-refractivity contribution < 1.29 is 40.3 Å². The Kier molecular flexibility index (Phi) is 8.21. The molecular weight excluding hydrogens is 521 g/mol. The second-order valence-corrected chi connectivity index (χ2v) is 8.54. The molecule has 2 aliphatic heterocycles. The summed E-state index contributed by atoms with van der Waals surface area (Å²) in [5.41, 5.74) is -0.656. The van der Waals surface area contributed by atoms with Gasteiger partial charge in [0, 0.05) is 32.1 Å². The molecule has 0 N–H and O–H groups in total. The minimum Gasteiger partial charge on any atom is -0.335 e. The third-order valence-electron chi connectivity index (χ3n) is 6.16. The van der Waals surface area contributed by atoms with E-state index in [1.165, 1.54) is 4.90 Å². The highest BCUT2D eigenvalue weighted by Crippen LogP contribution is 2.33. The molecule has 0 aliphatic carbocycles. The van der Waals surface area contributed by atoms with Crippen molar-refractivity contribution >= 4 is 24.2 Å². The summed E-state index contributed by atoms with van der Waals surface area (Å²) in [5, 5.41) is 0. The zero-order valence-corrected chi connectivity index (χ0v) is 19.6. The van der Waals surface area contributed by atoms with Crippen molar-refractivity contribution in [2.45, 2.75) is 51.1 Å². The third kappa shape index (κ3) is 5.60. The molecule has 1 aromatic heterocycles. The van der Waals surface area contributed by atoms with Crippen LogP contribution in [0, 0.1) is 17.5 Å². The fraction of sp³-hybridized carbons (Fsp3) is 0.500. The number of hydrogen-bond donors (Lipinski definition) is 0. The number of imidazole rings is 1. The van der Waals surface area contributed by atoms with Gasteiger partial charge in [0.1, 0.15) is 12.0 Å². The number of fused-ring (bicyclic) bond motifs is 1. The lowest BCUT2D eigenvalue weighted by molar-refractivity contribution is -0.148. The molecule has 2 aromatic rings. The molecule has 0 spiro atoms. The van der Waals surface area contributed by atoms with Crippen molar-refractivity contribution in [3.63, 3.8) is 0 Å². The molecule has 6 nitrogen and oxygen atoms in total. The molecule has 198 valence electrons. The maximum atomic E-state index is 13.8. The molecule has 0 radical (unpaired) electrons. The first kappa shape index (κ1) is 27.8. The quantitative estimate of drug-likeness (QED) is 0.418. The lowest BCUT2D eigenvalue weighted by atomic mass is 10.1. The Morgan fingerprint density at radius 2 is 1.69 bits per heavy atom. The van der Waals surface area contributed by atoms with Crippen LogP contribution in [0.3, 0.4) is 0 Å². The van der Waals surface area contributed by atoms with Crippen molar-refractivity contribution in [1.29, 1.82) is 0 Å². The van der Waals surface area contributed by atoms with Gasteiger partial charge in [-0.2, -0.15) is 13.2 Å². The number of benzene rings is 1. The summed E-state index contributed by atoms with van der Waals surface area (Å²) < 4.78 is 95.2. The number of aromatic nitrogens is 2. The SMILES string of the molecule is Cl.O=C(CCCc1cc(F)c(F)cc1F)N1CCn2c(C(F)(F)F)nc(C(=O)N3CC[C@H](F)C3)c2C1. The Hall–Kier alpha value is -2.83. The standard InChI is InChI=1S/C22H21F7N4O2.ClH/c23-13-4-5-32(10-13)20(35)19-17-11-31(6-7-33(17)21(30-19)22(27,28)29)18(34)3-1-2-12-8-15(25)16(26)9-14(12)24;/h8-9,13H,1-7,10-11H2;1H/t13-;/m0./s1. The molecule has 1 atom stereocenters. The lowest BCUT2D eigenvalue weighted by Crippen LogP contribution is -2.40. The van der Waals surface area contributed by atoms with Crippen LogP contribution < -0.4 is 0 Å². The predicted molar refractivity (Wildman–Crippen MR) is 115 cm³/mol. The Labute approximate surface area is 207 Å². The summed E-state index contributed by atoms with van der Waals surface area (Å²) in [6, 6.07) is 1.13. The van der Waals surface area contributed by atoms with Crippen molar-refractivity contribution in [2.75, 3.05) is 19.6 Å². The fourth-order valence-corrected chi connectivity index (χ4v) is 4.36. The summed E-state index contributed by atoms with van der Waals surface area (Å²) in [5.74, 6) is -6.03. The average Bonchev–Trinajstić information content (AvgIpc) is 3.40. The molecule has 3 heterocycles. The van der Waals surface area contributed by atoms with Crippen LogP contribution in [0.2, 0.25) is 0 Å². The van der Waals surface area contributed by atoms with Gasteiger partial charge in [-0.1, -0.05) is 0 Å². The van der Waals surface area contributed by atoms with Crippen molar-refractivity contribution in [2.24, 2.45) is 0 Å². The van der Waals surface area contributed by atoms with E-state index in [1.807, 2.05) is 0 Å². The molecule has 2 aliphatic rings. The first-order chi connectivity index (χ1) is 16.5. The van der Waals surface area contributed by atoms with Gasteiger partial charge >= 0.3 is 6.18 Å². The number of likely N-dealkylation sites (tertiary alicyclic amines) is 1. The van der Waals surface area contributed by atoms with Crippen LogP contribution >= 0.6 is 12.4 Å². The van der Waals surface area contributed by atoms with Crippen LogP contribution in [0.25, 0.3) is 0 Å². The normalized spacial score (nSPS) is 17.7. The van der Waals surface area contributed by atoms with Gasteiger partial charge in [-0.3, -0.25) is 9.59 Å². The number of aryl methyl sites for hydroxylation is 1. The number of alkyl halides is 4. The Morgan fingerprint density at radius 3 is 2.33 bits per heavy atom. The van der Waals surface area contributed by atoms with E-state index < -0.39 is 53.1 Å². The highest BCUT2D eigenvalue weighted by Gasteiger charge is 2.42. The molecule has 1 fully saturated rings. The molecule has 14 heteroatoms. The van der Waals surface area contributed by atoms with Gasteiger partial charge < -0.3 is 14.4 Å². The first-order valence-corrected chi connectivity index (χ1v) is 11.0. The van der Waals surface area contributed by atoms with E-state index in [2.05, 4.69) is 4.98 Å². The maximum Gasteiger partial charge on any atom is 0.449 e. The summed E-state index contributed by atoms with van der Waals surface area (Å²) in [7, 11) is 0. The van der Waals surface area contributed by atoms with Gasteiger partial charge in [0.2, 0.25) is 11.7 Å². The van der Waals surface area contributed by atoms with Crippen molar-refractivity contribution in [3.05, 3.63) is 52.4 Å². The number of carbonyl (C=O) groups excluding carboxylic acids is 2. The number of nitrogens with zero attached hydrogens (tertiary/aromatic N) is 4. The Bertz CT molecular complexity index is 1150. The van der Waals surface area contributed by atoms with E-state index in [0.717, 1.165) is 9.47 Å². The van der Waals surface area contributed by atoms with Crippen LogP contribution in [0.15, 0.2) is 12.1 Å². The van der Waals surface area contributed by atoms with Crippen LogP contribution in [-0.2, 0) is 30.5 Å². The summed E-state index contributed by atoms with van der Waals surface area (Å²) in [6.07, 6.45) is -6.11. The first-order valence-electron chi connectivity index (χ1n) is 11.0. The van der Waals surface area contributed by atoms with Gasteiger partial charge in [-0.25, -0.2) is 22.5 Å². The van der Waals surface area contributed by atoms with E-state index in [-0.39, 0.29) is 82.1 Å². The molecule has 2 amide bonds. The van der Waals surface area contributed by atoms with Crippen molar-refractivity contribution in [1.82, 2.24) is 19.4 Å². The molecule has 36 heavy (non-hydrogen) atoms. The molecule has 4 rings (SSSR count). The Morgan fingerprint density at radius 1 is 1.00 bits per heavy atom. The zero-order valence-electron chi connectivity index (χ0n) is 18.8. The lowest BCUT2D eigenvalue weighted by Gasteiger charge is -2.30. The topological polar surface area (TPSA) is 58.4 Å². The van der Waals surface area contributed by atoms with Gasteiger partial charge in [0.15, 0.2) is 17.3 Å². The van der Waals surface area contributed by atoms with E-state index in [0.29, 0.717) is 12.1 Å². The Balaban J connectivity index is 0.00000361. The number of carbonyl (C=O) groups is 2. The maximum absolute atomic E-state index is 13.8.